The lowest BCUT2D eigenvalue weighted by molar-refractivity contribution is 0.315. The van der Waals surface area contributed by atoms with E-state index in [1.54, 1.807) is 0 Å². The van der Waals surface area contributed by atoms with Gasteiger partial charge in [0.25, 0.3) is 0 Å². The molecule has 6 rings (SSSR count). The lowest BCUT2D eigenvalue weighted by Crippen LogP contribution is -2.31. The minimum atomic E-state index is 0.602. The Kier molecular flexibility index (Phi) is 5.05. The summed E-state index contributed by atoms with van der Waals surface area (Å²) in [5.41, 5.74) is 10.1. The summed E-state index contributed by atoms with van der Waals surface area (Å²) in [5, 5.41) is 9.17. The van der Waals surface area contributed by atoms with Crippen molar-refractivity contribution >= 4 is 5.69 Å². The highest BCUT2D eigenvalue weighted by Gasteiger charge is 2.27. The number of rotatable bonds is 3. The minimum Gasteiger partial charge on any atom is -0.370 e. The second kappa shape index (κ2) is 8.14. The van der Waals surface area contributed by atoms with E-state index in [4.69, 9.17) is 10.2 Å². The Morgan fingerprint density at radius 3 is 2.54 bits per heavy atom. The van der Waals surface area contributed by atoms with E-state index in [-0.39, 0.29) is 0 Å². The van der Waals surface area contributed by atoms with Crippen LogP contribution in [0.15, 0.2) is 54.7 Å². The number of hydrogen-bond donors (Lipinski definition) is 0. The van der Waals surface area contributed by atoms with Crippen molar-refractivity contribution in [3.63, 3.8) is 0 Å². The molecule has 35 heavy (non-hydrogen) atoms. The topological polar surface area (TPSA) is 53.0 Å². The van der Waals surface area contributed by atoms with Gasteiger partial charge in [-0.25, -0.2) is 4.98 Å². The number of imidazole rings is 1. The molecule has 0 N–H and O–H groups in total. The first-order valence-electron chi connectivity index (χ1n) is 12.2. The van der Waals surface area contributed by atoms with Crippen LogP contribution in [0.3, 0.4) is 0 Å². The Balaban J connectivity index is 1.45. The van der Waals surface area contributed by atoms with Gasteiger partial charge in [-0.05, 0) is 81.9 Å². The Hall–Kier alpha value is -3.82. The number of likely N-dealkylation sites (N-methyl/N-ethyl adjacent to an activating group) is 1. The van der Waals surface area contributed by atoms with Crippen LogP contribution in [0.1, 0.15) is 28.9 Å². The molecule has 0 unspecified atom stereocenters. The number of hydrogen-bond acceptors (Lipinski definition) is 4. The van der Waals surface area contributed by atoms with E-state index in [2.05, 4.69) is 83.4 Å². The lowest BCUT2D eigenvalue weighted by atomic mass is 10.1. The average Bonchev–Trinajstić information content (AvgIpc) is 3.56. The molecule has 1 fully saturated rings. The van der Waals surface area contributed by atoms with E-state index in [1.165, 1.54) is 29.1 Å². The van der Waals surface area contributed by atoms with Gasteiger partial charge < -0.3 is 14.4 Å². The largest absolute Gasteiger partial charge is 0.370 e. The SMILES string of the molecule is Cc1nc2n(c1C)-c1ccc(N3CC[C@@H](N(C)C)C3)cc1Cn1cc(-c3ccc(C#N)cc3)cc1-2. The Morgan fingerprint density at radius 2 is 1.83 bits per heavy atom. The van der Waals surface area contributed by atoms with Crippen LogP contribution >= 0.6 is 0 Å². The quantitative estimate of drug-likeness (QED) is 0.379. The summed E-state index contributed by atoms with van der Waals surface area (Å²) < 4.78 is 4.65. The van der Waals surface area contributed by atoms with Crippen LogP contribution in [0.2, 0.25) is 0 Å². The van der Waals surface area contributed by atoms with Gasteiger partial charge in [0, 0.05) is 48.8 Å². The summed E-state index contributed by atoms with van der Waals surface area (Å²) in [6.07, 6.45) is 3.42. The maximum absolute atomic E-state index is 9.17. The third-order valence-electron chi connectivity index (χ3n) is 7.72. The number of aromatic nitrogens is 3. The van der Waals surface area contributed by atoms with Gasteiger partial charge in [0.15, 0.2) is 5.82 Å². The van der Waals surface area contributed by atoms with Gasteiger partial charge in [0.2, 0.25) is 0 Å². The summed E-state index contributed by atoms with van der Waals surface area (Å²) in [6.45, 7) is 7.20. The van der Waals surface area contributed by atoms with Crippen LogP contribution in [0.25, 0.3) is 28.3 Å². The summed E-state index contributed by atoms with van der Waals surface area (Å²) in [5.74, 6) is 0.986. The summed E-state index contributed by atoms with van der Waals surface area (Å²) in [4.78, 5) is 9.85. The molecule has 0 aliphatic carbocycles. The highest BCUT2D eigenvalue weighted by Crippen LogP contribution is 2.37. The van der Waals surface area contributed by atoms with Crippen molar-refractivity contribution in [1.82, 2.24) is 19.0 Å². The van der Waals surface area contributed by atoms with Gasteiger partial charge in [-0.15, -0.1) is 0 Å². The van der Waals surface area contributed by atoms with Gasteiger partial charge in [-0.3, -0.25) is 4.57 Å². The normalized spacial score (nSPS) is 16.6. The maximum Gasteiger partial charge on any atom is 0.161 e. The molecule has 6 heteroatoms. The fourth-order valence-electron chi connectivity index (χ4n) is 5.50. The van der Waals surface area contributed by atoms with Gasteiger partial charge in [0.05, 0.1) is 28.7 Å². The van der Waals surface area contributed by atoms with Crippen molar-refractivity contribution in [1.29, 1.82) is 5.26 Å². The third-order valence-corrected chi connectivity index (χ3v) is 7.72. The third kappa shape index (κ3) is 3.55. The molecule has 2 aliphatic heterocycles. The molecule has 0 radical (unpaired) electrons. The zero-order valence-corrected chi connectivity index (χ0v) is 20.8. The monoisotopic (exact) mass is 462 g/mol. The van der Waals surface area contributed by atoms with E-state index in [1.807, 2.05) is 24.3 Å². The van der Waals surface area contributed by atoms with Crippen LogP contribution in [0, 0.1) is 25.2 Å². The number of aryl methyl sites for hydroxylation is 1. The molecule has 2 aromatic carbocycles. The fourth-order valence-corrected chi connectivity index (χ4v) is 5.50. The first-order chi connectivity index (χ1) is 16.9. The zero-order chi connectivity index (χ0) is 24.3. The highest BCUT2D eigenvalue weighted by atomic mass is 15.2. The molecule has 4 aromatic rings. The predicted molar refractivity (Wildman–Crippen MR) is 140 cm³/mol. The molecular weight excluding hydrogens is 432 g/mol. The fraction of sp³-hybridized carbons (Fsp3) is 0.310. The smallest absolute Gasteiger partial charge is 0.161 e. The Morgan fingerprint density at radius 1 is 1.03 bits per heavy atom. The molecule has 0 bridgehead atoms. The zero-order valence-electron chi connectivity index (χ0n) is 20.8. The van der Waals surface area contributed by atoms with Crippen molar-refractivity contribution in [3.05, 3.63) is 77.2 Å². The molecule has 2 aromatic heterocycles. The standard InChI is InChI=1S/C29H30N6/c1-19-20(2)35-27-10-9-25(33-12-11-26(18-33)32(3)4)13-24(27)17-34-16-23(14-28(34)29(35)31-19)22-7-5-21(15-30)6-8-22/h5-10,13-14,16,26H,11-12,17-18H2,1-4H3/t26-/m1/s1. The van der Waals surface area contributed by atoms with Crippen LogP contribution in [0.5, 0.6) is 0 Å². The van der Waals surface area contributed by atoms with E-state index in [0.717, 1.165) is 48.0 Å². The van der Waals surface area contributed by atoms with Crippen LogP contribution in [-0.4, -0.2) is 52.2 Å². The first-order valence-corrected chi connectivity index (χ1v) is 12.2. The van der Waals surface area contributed by atoms with Crippen LogP contribution < -0.4 is 4.90 Å². The predicted octanol–water partition coefficient (Wildman–Crippen LogP) is 5.00. The van der Waals surface area contributed by atoms with Gasteiger partial charge in [-0.2, -0.15) is 5.26 Å². The van der Waals surface area contributed by atoms with Crippen molar-refractivity contribution in [2.75, 3.05) is 32.1 Å². The van der Waals surface area contributed by atoms with E-state index in [9.17, 15) is 0 Å². The Bertz CT molecular complexity index is 1460. The summed E-state index contributed by atoms with van der Waals surface area (Å²) >= 11 is 0. The molecular formula is C29H30N6. The number of anilines is 1. The van der Waals surface area contributed by atoms with Crippen LogP contribution in [0.4, 0.5) is 5.69 Å². The molecule has 0 spiro atoms. The molecule has 176 valence electrons. The van der Waals surface area contributed by atoms with Gasteiger partial charge >= 0.3 is 0 Å². The van der Waals surface area contributed by atoms with Gasteiger partial charge in [-0.1, -0.05) is 12.1 Å². The summed E-state index contributed by atoms with van der Waals surface area (Å²) in [7, 11) is 4.35. The molecule has 0 amide bonds. The van der Waals surface area contributed by atoms with Crippen molar-refractivity contribution in [2.24, 2.45) is 0 Å². The number of nitrogens with zero attached hydrogens (tertiary/aromatic N) is 6. The second-order valence-electron chi connectivity index (χ2n) is 10.0. The van der Waals surface area contributed by atoms with E-state index in [0.29, 0.717) is 11.6 Å². The number of benzene rings is 2. The molecule has 6 nitrogen and oxygen atoms in total. The number of nitriles is 1. The van der Waals surface area contributed by atoms with Crippen molar-refractivity contribution < 1.29 is 0 Å². The maximum atomic E-state index is 9.17. The van der Waals surface area contributed by atoms with Gasteiger partial charge in [0.1, 0.15) is 0 Å². The van der Waals surface area contributed by atoms with Crippen molar-refractivity contribution in [2.45, 2.75) is 32.9 Å². The molecule has 2 aliphatic rings. The lowest BCUT2D eigenvalue weighted by Gasteiger charge is -2.23. The molecule has 1 saturated heterocycles. The second-order valence-corrected chi connectivity index (χ2v) is 10.0. The molecule has 1 atom stereocenters. The molecule has 4 heterocycles. The van der Waals surface area contributed by atoms with Crippen molar-refractivity contribution in [3.8, 4) is 34.4 Å². The highest BCUT2D eigenvalue weighted by molar-refractivity contribution is 5.73. The van der Waals surface area contributed by atoms with E-state index >= 15 is 0 Å². The van der Waals surface area contributed by atoms with E-state index < -0.39 is 0 Å². The Labute approximate surface area is 206 Å². The summed E-state index contributed by atoms with van der Waals surface area (Å²) in [6, 6.07) is 19.8. The molecule has 0 saturated carbocycles. The van der Waals surface area contributed by atoms with Crippen LogP contribution in [-0.2, 0) is 6.54 Å². The average molecular weight is 463 g/mol. The minimum absolute atomic E-state index is 0.602. The first kappa shape index (κ1) is 21.7. The number of fused-ring (bicyclic) bond motifs is 5.